The van der Waals surface area contributed by atoms with Crippen LogP contribution in [0.1, 0.15) is 18.5 Å². The highest BCUT2D eigenvalue weighted by atomic mass is 79.9. The Balaban J connectivity index is 2.33. The number of halogens is 1. The highest BCUT2D eigenvalue weighted by molar-refractivity contribution is 9.10. The number of nitrogen functional groups attached to an aromatic ring is 1. The number of hydrogen-bond acceptors (Lipinski definition) is 3. The monoisotopic (exact) mass is 368 g/mol. The first-order valence-corrected chi connectivity index (χ1v) is 8.64. The van der Waals surface area contributed by atoms with Crippen molar-refractivity contribution in [1.29, 1.82) is 0 Å². The normalized spacial score (nSPS) is 13.3. The van der Waals surface area contributed by atoms with E-state index in [1.165, 1.54) is 4.31 Å². The molecule has 21 heavy (non-hydrogen) atoms. The van der Waals surface area contributed by atoms with E-state index in [9.17, 15) is 8.42 Å². The molecule has 0 aromatic heterocycles. The van der Waals surface area contributed by atoms with Gasteiger partial charge in [0.25, 0.3) is 0 Å². The third-order valence-electron chi connectivity index (χ3n) is 3.43. The number of hydrogen-bond donors (Lipinski definition) is 1. The minimum Gasteiger partial charge on any atom is -0.399 e. The summed E-state index contributed by atoms with van der Waals surface area (Å²) in [5.74, 6) is 0. The predicted octanol–water partition coefficient (Wildman–Crippen LogP) is 3.41. The molecule has 0 radical (unpaired) electrons. The van der Waals surface area contributed by atoms with Crippen molar-refractivity contribution >= 4 is 31.6 Å². The number of anilines is 1. The van der Waals surface area contributed by atoms with Crippen LogP contribution in [0.5, 0.6) is 0 Å². The Morgan fingerprint density at radius 1 is 1.14 bits per heavy atom. The zero-order chi connectivity index (χ0) is 15.6. The van der Waals surface area contributed by atoms with E-state index >= 15 is 0 Å². The minimum atomic E-state index is -3.54. The van der Waals surface area contributed by atoms with E-state index in [0.29, 0.717) is 5.69 Å². The fraction of sp³-hybridized carbons (Fsp3) is 0.200. The van der Waals surface area contributed by atoms with Crippen molar-refractivity contribution < 1.29 is 8.42 Å². The first kappa shape index (κ1) is 16.0. The maximum Gasteiger partial charge on any atom is 0.243 e. The number of benzene rings is 2. The summed E-state index contributed by atoms with van der Waals surface area (Å²) in [6.45, 7) is 1.84. The van der Waals surface area contributed by atoms with Crippen molar-refractivity contribution in [3.63, 3.8) is 0 Å². The third-order valence-corrected chi connectivity index (χ3v) is 5.90. The molecule has 0 bridgehead atoms. The van der Waals surface area contributed by atoms with Gasteiger partial charge in [-0.1, -0.05) is 28.1 Å². The Morgan fingerprint density at radius 2 is 1.76 bits per heavy atom. The van der Waals surface area contributed by atoms with Crippen molar-refractivity contribution in [2.75, 3.05) is 12.8 Å². The van der Waals surface area contributed by atoms with Crippen LogP contribution < -0.4 is 5.73 Å². The molecule has 0 amide bonds. The highest BCUT2D eigenvalue weighted by Gasteiger charge is 2.26. The second-order valence-corrected chi connectivity index (χ2v) is 7.73. The maximum atomic E-state index is 12.6. The molecule has 1 atom stereocenters. The van der Waals surface area contributed by atoms with Crippen LogP contribution in [0, 0.1) is 0 Å². The van der Waals surface area contributed by atoms with Gasteiger partial charge in [0.15, 0.2) is 0 Å². The molecule has 2 N–H and O–H groups in total. The van der Waals surface area contributed by atoms with Crippen LogP contribution >= 0.6 is 15.9 Å². The lowest BCUT2D eigenvalue weighted by Gasteiger charge is -2.25. The van der Waals surface area contributed by atoms with Crippen LogP contribution in [-0.4, -0.2) is 19.8 Å². The molecule has 0 aliphatic carbocycles. The molecule has 2 aromatic rings. The van der Waals surface area contributed by atoms with Gasteiger partial charge >= 0.3 is 0 Å². The average molecular weight is 369 g/mol. The maximum absolute atomic E-state index is 12.6. The van der Waals surface area contributed by atoms with Crippen LogP contribution in [-0.2, 0) is 10.0 Å². The zero-order valence-electron chi connectivity index (χ0n) is 11.8. The molecule has 0 aliphatic heterocycles. The van der Waals surface area contributed by atoms with Gasteiger partial charge in [0, 0.05) is 23.2 Å². The summed E-state index contributed by atoms with van der Waals surface area (Å²) in [4.78, 5) is 0.268. The van der Waals surface area contributed by atoms with Crippen LogP contribution in [0.15, 0.2) is 57.9 Å². The number of sulfonamides is 1. The van der Waals surface area contributed by atoms with E-state index in [1.54, 1.807) is 43.4 Å². The van der Waals surface area contributed by atoms with E-state index < -0.39 is 10.0 Å². The summed E-state index contributed by atoms with van der Waals surface area (Å²) >= 11 is 3.30. The molecule has 1 unspecified atom stereocenters. The number of rotatable bonds is 4. The van der Waals surface area contributed by atoms with Gasteiger partial charge in [-0.25, -0.2) is 8.42 Å². The second-order valence-electron chi connectivity index (χ2n) is 4.82. The molecule has 6 heteroatoms. The van der Waals surface area contributed by atoms with Gasteiger partial charge in [0.05, 0.1) is 4.90 Å². The van der Waals surface area contributed by atoms with Crippen molar-refractivity contribution in [2.45, 2.75) is 17.9 Å². The Hall–Kier alpha value is -1.37. The number of nitrogens with two attached hydrogens (primary N) is 1. The van der Waals surface area contributed by atoms with E-state index in [-0.39, 0.29) is 10.9 Å². The van der Waals surface area contributed by atoms with E-state index in [1.807, 2.05) is 19.1 Å². The number of nitrogens with zero attached hydrogens (tertiary/aromatic N) is 1. The van der Waals surface area contributed by atoms with Gasteiger partial charge in [0.2, 0.25) is 10.0 Å². The smallest absolute Gasteiger partial charge is 0.243 e. The fourth-order valence-corrected chi connectivity index (χ4v) is 3.62. The van der Waals surface area contributed by atoms with Gasteiger partial charge in [-0.2, -0.15) is 4.31 Å². The van der Waals surface area contributed by atoms with Crippen molar-refractivity contribution in [3.05, 3.63) is 58.6 Å². The largest absolute Gasteiger partial charge is 0.399 e. The summed E-state index contributed by atoms with van der Waals surface area (Å²) in [5.41, 5.74) is 7.24. The quantitative estimate of drug-likeness (QED) is 0.840. The van der Waals surface area contributed by atoms with Crippen molar-refractivity contribution in [2.24, 2.45) is 0 Å². The Kier molecular flexibility index (Phi) is 4.70. The fourth-order valence-electron chi connectivity index (χ4n) is 2.01. The van der Waals surface area contributed by atoms with Crippen LogP contribution in [0.2, 0.25) is 0 Å². The third kappa shape index (κ3) is 3.45. The van der Waals surface area contributed by atoms with Crippen LogP contribution in [0.3, 0.4) is 0 Å². The van der Waals surface area contributed by atoms with E-state index in [0.717, 1.165) is 10.0 Å². The molecule has 112 valence electrons. The van der Waals surface area contributed by atoms with E-state index in [4.69, 9.17) is 5.73 Å². The van der Waals surface area contributed by atoms with Crippen molar-refractivity contribution in [1.82, 2.24) is 4.31 Å². The SMILES string of the molecule is CC(c1cccc(N)c1)N(C)S(=O)(=O)c1ccc(Br)cc1. The molecule has 0 saturated carbocycles. The summed E-state index contributed by atoms with van der Waals surface area (Å²) in [6, 6.07) is 13.6. The summed E-state index contributed by atoms with van der Waals surface area (Å²) in [5, 5.41) is 0. The first-order chi connectivity index (χ1) is 9.82. The first-order valence-electron chi connectivity index (χ1n) is 6.41. The topological polar surface area (TPSA) is 63.4 Å². The molecular weight excluding hydrogens is 352 g/mol. The Morgan fingerprint density at radius 3 is 2.33 bits per heavy atom. The lowest BCUT2D eigenvalue weighted by molar-refractivity contribution is 0.398. The lowest BCUT2D eigenvalue weighted by atomic mass is 10.1. The molecule has 0 fully saturated rings. The molecule has 4 nitrogen and oxygen atoms in total. The molecule has 0 spiro atoms. The summed E-state index contributed by atoms with van der Waals surface area (Å²) in [7, 11) is -1.97. The molecule has 2 rings (SSSR count). The Bertz CT molecular complexity index is 730. The minimum absolute atomic E-state index is 0.268. The van der Waals surface area contributed by atoms with Gasteiger partial charge in [-0.15, -0.1) is 0 Å². The second kappa shape index (κ2) is 6.17. The van der Waals surface area contributed by atoms with Gasteiger partial charge in [-0.05, 0) is 48.9 Å². The summed E-state index contributed by atoms with van der Waals surface area (Å²) in [6.07, 6.45) is 0. The van der Waals surface area contributed by atoms with Gasteiger partial charge in [-0.3, -0.25) is 0 Å². The van der Waals surface area contributed by atoms with Gasteiger partial charge < -0.3 is 5.73 Å². The molecule has 0 saturated heterocycles. The standard InChI is InChI=1S/C15H17BrN2O2S/c1-11(12-4-3-5-14(17)10-12)18(2)21(19,20)15-8-6-13(16)7-9-15/h3-11H,17H2,1-2H3. The lowest BCUT2D eigenvalue weighted by Crippen LogP contribution is -2.29. The van der Waals surface area contributed by atoms with Crippen LogP contribution in [0.25, 0.3) is 0 Å². The Labute approximate surface area is 133 Å². The molecule has 0 aliphatic rings. The van der Waals surface area contributed by atoms with Crippen LogP contribution in [0.4, 0.5) is 5.69 Å². The average Bonchev–Trinajstić information content (AvgIpc) is 2.46. The zero-order valence-corrected chi connectivity index (χ0v) is 14.2. The van der Waals surface area contributed by atoms with Crippen molar-refractivity contribution in [3.8, 4) is 0 Å². The van der Waals surface area contributed by atoms with Gasteiger partial charge in [0.1, 0.15) is 0 Å². The molecular formula is C15H17BrN2O2S. The molecule has 2 aromatic carbocycles. The predicted molar refractivity (Wildman–Crippen MR) is 88.4 cm³/mol. The summed E-state index contributed by atoms with van der Waals surface area (Å²) < 4.78 is 27.4. The molecule has 0 heterocycles. The van der Waals surface area contributed by atoms with E-state index in [2.05, 4.69) is 15.9 Å². The highest BCUT2D eigenvalue weighted by Crippen LogP contribution is 2.27.